The van der Waals surface area contributed by atoms with Crippen molar-refractivity contribution in [3.63, 3.8) is 0 Å². The molecule has 24 heavy (non-hydrogen) atoms. The average molecular weight is 325 g/mol. The second-order valence-electron chi connectivity index (χ2n) is 6.34. The van der Waals surface area contributed by atoms with Crippen molar-refractivity contribution in [2.24, 2.45) is 0 Å². The third-order valence-corrected chi connectivity index (χ3v) is 4.88. The minimum Gasteiger partial charge on any atom is -0.369 e. The number of nitro groups is 1. The Hall–Kier alpha value is -2.40. The van der Waals surface area contributed by atoms with E-state index >= 15 is 0 Å². The van der Waals surface area contributed by atoms with Crippen molar-refractivity contribution in [1.82, 2.24) is 4.90 Å². The summed E-state index contributed by atoms with van der Waals surface area (Å²) in [5, 5.41) is 11.0. The van der Waals surface area contributed by atoms with Gasteiger partial charge in [-0.05, 0) is 31.0 Å². The second kappa shape index (κ2) is 7.01. The Bertz CT molecular complexity index is 724. The lowest BCUT2D eigenvalue weighted by molar-refractivity contribution is -0.384. The zero-order chi connectivity index (χ0) is 17.1. The van der Waals surface area contributed by atoms with Crippen molar-refractivity contribution in [3.8, 4) is 0 Å². The number of hydrogen-bond acceptors (Lipinski definition) is 4. The minimum absolute atomic E-state index is 0.165. The number of aryl methyl sites for hydroxylation is 1. The number of anilines is 1. The van der Waals surface area contributed by atoms with Crippen LogP contribution in [0.4, 0.5) is 11.4 Å². The quantitative estimate of drug-likeness (QED) is 0.634. The summed E-state index contributed by atoms with van der Waals surface area (Å²) in [6.07, 6.45) is 0. The van der Waals surface area contributed by atoms with Crippen molar-refractivity contribution < 1.29 is 4.92 Å². The molecule has 126 valence electrons. The molecule has 1 aliphatic rings. The Morgan fingerprint density at radius 2 is 1.75 bits per heavy atom. The number of hydrogen-bond donors (Lipinski definition) is 0. The number of piperazine rings is 1. The zero-order valence-corrected chi connectivity index (χ0v) is 14.2. The maximum atomic E-state index is 11.0. The monoisotopic (exact) mass is 325 g/mol. The van der Waals surface area contributed by atoms with Gasteiger partial charge in [-0.1, -0.05) is 30.3 Å². The van der Waals surface area contributed by atoms with Gasteiger partial charge in [0.2, 0.25) is 0 Å². The molecule has 0 bridgehead atoms. The molecule has 5 heteroatoms. The maximum Gasteiger partial charge on any atom is 0.269 e. The molecule has 2 aromatic carbocycles. The first-order chi connectivity index (χ1) is 11.6. The van der Waals surface area contributed by atoms with Crippen LogP contribution in [0.1, 0.15) is 24.1 Å². The smallest absolute Gasteiger partial charge is 0.269 e. The summed E-state index contributed by atoms with van der Waals surface area (Å²) < 4.78 is 0. The van der Waals surface area contributed by atoms with Crippen LogP contribution in [0.5, 0.6) is 0 Å². The van der Waals surface area contributed by atoms with Gasteiger partial charge in [0, 0.05) is 50.0 Å². The first kappa shape index (κ1) is 16.5. The highest BCUT2D eigenvalue weighted by Gasteiger charge is 2.23. The molecule has 3 rings (SSSR count). The zero-order valence-electron chi connectivity index (χ0n) is 14.2. The average Bonchev–Trinajstić information content (AvgIpc) is 2.62. The topological polar surface area (TPSA) is 49.6 Å². The van der Waals surface area contributed by atoms with E-state index in [1.807, 2.05) is 6.07 Å². The van der Waals surface area contributed by atoms with E-state index < -0.39 is 0 Å². The molecular formula is C19H23N3O2. The summed E-state index contributed by atoms with van der Waals surface area (Å²) in [5.74, 6) is 0. The van der Waals surface area contributed by atoms with Crippen molar-refractivity contribution in [2.75, 3.05) is 31.1 Å². The van der Waals surface area contributed by atoms with Gasteiger partial charge < -0.3 is 4.90 Å². The maximum absolute atomic E-state index is 11.0. The predicted octanol–water partition coefficient (Wildman–Crippen LogP) is 3.79. The molecule has 0 amide bonds. The van der Waals surface area contributed by atoms with Gasteiger partial charge in [-0.2, -0.15) is 0 Å². The molecule has 0 aliphatic carbocycles. The van der Waals surface area contributed by atoms with E-state index in [-0.39, 0.29) is 16.7 Å². The van der Waals surface area contributed by atoms with Gasteiger partial charge in [0.05, 0.1) is 4.92 Å². The second-order valence-corrected chi connectivity index (χ2v) is 6.34. The number of nitrogens with zero attached hydrogens (tertiary/aromatic N) is 3. The number of rotatable bonds is 4. The lowest BCUT2D eigenvalue weighted by Gasteiger charge is -2.39. The Balaban J connectivity index is 1.67. The van der Waals surface area contributed by atoms with Crippen LogP contribution in [0, 0.1) is 17.0 Å². The van der Waals surface area contributed by atoms with Gasteiger partial charge in [0.1, 0.15) is 0 Å². The summed E-state index contributed by atoms with van der Waals surface area (Å²) in [6.45, 7) is 8.14. The SMILES string of the molecule is Cc1ccccc1N1CCN([C@@H](C)c2cccc([N+](=O)[O-])c2)CC1. The van der Waals surface area contributed by atoms with E-state index in [0.717, 1.165) is 31.7 Å². The lowest BCUT2D eigenvalue weighted by atomic mass is 10.0. The van der Waals surface area contributed by atoms with Gasteiger partial charge in [0.15, 0.2) is 0 Å². The first-order valence-corrected chi connectivity index (χ1v) is 8.35. The molecule has 0 unspecified atom stereocenters. The molecule has 1 atom stereocenters. The highest BCUT2D eigenvalue weighted by molar-refractivity contribution is 5.53. The van der Waals surface area contributed by atoms with Crippen LogP contribution in [0.3, 0.4) is 0 Å². The molecule has 0 N–H and O–H groups in total. The van der Waals surface area contributed by atoms with Gasteiger partial charge in [-0.25, -0.2) is 0 Å². The van der Waals surface area contributed by atoms with E-state index in [0.29, 0.717) is 0 Å². The van der Waals surface area contributed by atoms with Crippen LogP contribution >= 0.6 is 0 Å². The van der Waals surface area contributed by atoms with Crippen LogP contribution in [-0.4, -0.2) is 36.0 Å². The van der Waals surface area contributed by atoms with Crippen LogP contribution in [-0.2, 0) is 0 Å². The molecule has 0 aromatic heterocycles. The van der Waals surface area contributed by atoms with Crippen LogP contribution < -0.4 is 4.90 Å². The van der Waals surface area contributed by atoms with Crippen molar-refractivity contribution >= 4 is 11.4 Å². The molecule has 1 aliphatic heterocycles. The number of para-hydroxylation sites is 1. The number of nitro benzene ring substituents is 1. The summed E-state index contributed by atoms with van der Waals surface area (Å²) in [4.78, 5) is 15.5. The molecule has 1 heterocycles. The molecular weight excluding hydrogens is 302 g/mol. The Morgan fingerprint density at radius 3 is 2.42 bits per heavy atom. The summed E-state index contributed by atoms with van der Waals surface area (Å²) in [7, 11) is 0. The van der Waals surface area contributed by atoms with E-state index in [4.69, 9.17) is 0 Å². The first-order valence-electron chi connectivity index (χ1n) is 8.35. The highest BCUT2D eigenvalue weighted by Crippen LogP contribution is 2.27. The largest absolute Gasteiger partial charge is 0.369 e. The molecule has 0 radical (unpaired) electrons. The molecule has 1 saturated heterocycles. The number of non-ortho nitro benzene ring substituents is 1. The fourth-order valence-electron chi connectivity index (χ4n) is 3.38. The van der Waals surface area contributed by atoms with E-state index in [9.17, 15) is 10.1 Å². The van der Waals surface area contributed by atoms with Crippen LogP contribution in [0.2, 0.25) is 0 Å². The highest BCUT2D eigenvalue weighted by atomic mass is 16.6. The third kappa shape index (κ3) is 3.41. The summed E-state index contributed by atoms with van der Waals surface area (Å²) >= 11 is 0. The number of benzene rings is 2. The minimum atomic E-state index is -0.327. The standard InChI is InChI=1S/C19H23N3O2/c1-15-6-3-4-9-19(15)21-12-10-20(11-13-21)16(2)17-7-5-8-18(14-17)22(23)24/h3-9,14,16H,10-13H2,1-2H3/t16-/m0/s1. The van der Waals surface area contributed by atoms with Gasteiger partial charge >= 0.3 is 0 Å². The summed E-state index contributed by atoms with van der Waals surface area (Å²) in [6, 6.07) is 15.6. The normalized spacial score (nSPS) is 16.8. The molecule has 0 saturated carbocycles. The van der Waals surface area contributed by atoms with E-state index in [1.165, 1.54) is 11.3 Å². The predicted molar refractivity (Wildman–Crippen MR) is 96.5 cm³/mol. The van der Waals surface area contributed by atoms with E-state index in [2.05, 4.69) is 47.9 Å². The summed E-state index contributed by atoms with van der Waals surface area (Å²) in [5.41, 5.74) is 3.78. The van der Waals surface area contributed by atoms with E-state index in [1.54, 1.807) is 18.2 Å². The van der Waals surface area contributed by atoms with Crippen LogP contribution in [0.15, 0.2) is 48.5 Å². The molecule has 0 spiro atoms. The lowest BCUT2D eigenvalue weighted by Crippen LogP contribution is -2.47. The van der Waals surface area contributed by atoms with Crippen molar-refractivity contribution in [3.05, 3.63) is 69.8 Å². The van der Waals surface area contributed by atoms with Crippen molar-refractivity contribution in [1.29, 1.82) is 0 Å². The Labute approximate surface area is 142 Å². The molecule has 1 fully saturated rings. The van der Waals surface area contributed by atoms with Crippen LogP contribution in [0.25, 0.3) is 0 Å². The van der Waals surface area contributed by atoms with Crippen molar-refractivity contribution in [2.45, 2.75) is 19.9 Å². The third-order valence-electron chi connectivity index (χ3n) is 4.88. The van der Waals surface area contributed by atoms with Gasteiger partial charge in [-0.3, -0.25) is 15.0 Å². The molecule has 5 nitrogen and oxygen atoms in total. The Morgan fingerprint density at radius 1 is 1.04 bits per heavy atom. The Kier molecular flexibility index (Phi) is 4.81. The van der Waals surface area contributed by atoms with Gasteiger partial charge in [-0.15, -0.1) is 0 Å². The van der Waals surface area contributed by atoms with Gasteiger partial charge in [0.25, 0.3) is 5.69 Å². The molecule has 2 aromatic rings. The fraction of sp³-hybridized carbons (Fsp3) is 0.368. The fourth-order valence-corrected chi connectivity index (χ4v) is 3.38.